The topological polar surface area (TPSA) is 88.4 Å². The van der Waals surface area contributed by atoms with Crippen LogP contribution in [0.3, 0.4) is 0 Å². The Morgan fingerprint density at radius 1 is 1.00 bits per heavy atom. The van der Waals surface area contributed by atoms with Crippen LogP contribution in [-0.2, 0) is 0 Å². The van der Waals surface area contributed by atoms with Crippen LogP contribution < -0.4 is 10.6 Å². The van der Waals surface area contributed by atoms with Crippen molar-refractivity contribution in [2.75, 3.05) is 0 Å². The van der Waals surface area contributed by atoms with Crippen molar-refractivity contribution >= 4 is 28.8 Å². The number of aromatic nitrogens is 3. The van der Waals surface area contributed by atoms with Gasteiger partial charge in [-0.1, -0.05) is 6.07 Å². The Hall–Kier alpha value is -2.74. The number of imidazole rings is 1. The zero-order valence-corrected chi connectivity index (χ0v) is 16.8. The molecule has 3 aromatic rings. The monoisotopic (exact) mass is 397 g/mol. The van der Waals surface area contributed by atoms with Gasteiger partial charge in [0.2, 0.25) is 0 Å². The normalized spacial score (nSPS) is 19.5. The summed E-state index contributed by atoms with van der Waals surface area (Å²) in [7, 11) is 0. The van der Waals surface area contributed by atoms with Crippen LogP contribution in [0.1, 0.15) is 56.4 Å². The van der Waals surface area contributed by atoms with Gasteiger partial charge in [0.15, 0.2) is 0 Å². The molecular weight excluding hydrogens is 374 g/mol. The molecule has 1 aliphatic rings. The fourth-order valence-electron chi connectivity index (χ4n) is 3.62. The van der Waals surface area contributed by atoms with Gasteiger partial charge in [0.05, 0.1) is 17.4 Å². The molecule has 0 saturated heterocycles. The molecule has 0 aliphatic heterocycles. The van der Waals surface area contributed by atoms with Gasteiger partial charge in [-0.15, -0.1) is 11.3 Å². The molecular formula is C20H23N5O2S. The highest BCUT2D eigenvalue weighted by molar-refractivity contribution is 7.13. The summed E-state index contributed by atoms with van der Waals surface area (Å²) in [6.45, 7) is 3.88. The highest BCUT2D eigenvalue weighted by atomic mass is 32.1. The molecule has 2 N–H and O–H groups in total. The van der Waals surface area contributed by atoms with Gasteiger partial charge in [-0.05, 0) is 51.2 Å². The van der Waals surface area contributed by atoms with Crippen LogP contribution in [0.5, 0.6) is 0 Å². The Morgan fingerprint density at radius 3 is 2.32 bits per heavy atom. The summed E-state index contributed by atoms with van der Waals surface area (Å²) in [5.74, 6) is -0.162. The van der Waals surface area contributed by atoms with E-state index in [2.05, 4.69) is 20.6 Å². The first-order valence-corrected chi connectivity index (χ1v) is 10.3. The fourth-order valence-corrected chi connectivity index (χ4v) is 4.30. The summed E-state index contributed by atoms with van der Waals surface area (Å²) in [5, 5.41) is 7.09. The zero-order valence-electron chi connectivity index (χ0n) is 15.9. The third-order valence-electron chi connectivity index (χ3n) is 5.13. The number of pyridine rings is 1. The van der Waals surface area contributed by atoms with E-state index in [9.17, 15) is 9.59 Å². The van der Waals surface area contributed by atoms with Gasteiger partial charge >= 0.3 is 0 Å². The van der Waals surface area contributed by atoms with Crippen LogP contribution in [0.2, 0.25) is 0 Å². The van der Waals surface area contributed by atoms with Crippen molar-refractivity contribution in [1.82, 2.24) is 25.0 Å². The van der Waals surface area contributed by atoms with E-state index in [0.717, 1.165) is 41.9 Å². The lowest BCUT2D eigenvalue weighted by Crippen LogP contribution is -2.43. The Labute approximate surface area is 167 Å². The molecule has 0 aromatic carbocycles. The molecule has 0 atom stereocenters. The lowest BCUT2D eigenvalue weighted by atomic mass is 9.91. The van der Waals surface area contributed by atoms with E-state index in [4.69, 9.17) is 0 Å². The van der Waals surface area contributed by atoms with Gasteiger partial charge in [0, 0.05) is 18.3 Å². The quantitative estimate of drug-likeness (QED) is 0.709. The molecule has 1 fully saturated rings. The molecule has 146 valence electrons. The maximum absolute atomic E-state index is 12.7. The average molecular weight is 398 g/mol. The summed E-state index contributed by atoms with van der Waals surface area (Å²) in [6.07, 6.45) is 8.54. The number of rotatable bonds is 4. The summed E-state index contributed by atoms with van der Waals surface area (Å²) in [6, 6.07) is 4.14. The molecule has 3 aromatic heterocycles. The summed E-state index contributed by atoms with van der Waals surface area (Å²) in [5.41, 5.74) is 2.39. The van der Waals surface area contributed by atoms with Crippen LogP contribution in [0.4, 0.5) is 0 Å². The first-order valence-electron chi connectivity index (χ1n) is 9.47. The molecule has 0 radical (unpaired) electrons. The van der Waals surface area contributed by atoms with Crippen molar-refractivity contribution in [2.24, 2.45) is 0 Å². The van der Waals surface area contributed by atoms with Crippen LogP contribution in [0.15, 0.2) is 30.7 Å². The largest absolute Gasteiger partial charge is 0.349 e. The second-order valence-corrected chi connectivity index (χ2v) is 8.55. The predicted octanol–water partition coefficient (Wildman–Crippen LogP) is 2.88. The van der Waals surface area contributed by atoms with E-state index in [0.29, 0.717) is 10.6 Å². The molecule has 28 heavy (non-hydrogen) atoms. The minimum Gasteiger partial charge on any atom is -0.349 e. The summed E-state index contributed by atoms with van der Waals surface area (Å²) >= 11 is 1.41. The van der Waals surface area contributed by atoms with Gasteiger partial charge in [-0.2, -0.15) is 0 Å². The number of nitrogens with one attached hydrogen (secondary N) is 2. The molecule has 4 rings (SSSR count). The van der Waals surface area contributed by atoms with E-state index >= 15 is 0 Å². The van der Waals surface area contributed by atoms with E-state index in [1.807, 2.05) is 36.6 Å². The molecule has 0 bridgehead atoms. The van der Waals surface area contributed by atoms with Gasteiger partial charge < -0.3 is 10.6 Å². The number of hydrogen-bond donors (Lipinski definition) is 2. The maximum Gasteiger partial charge on any atom is 0.270 e. The van der Waals surface area contributed by atoms with Crippen molar-refractivity contribution in [2.45, 2.75) is 51.6 Å². The molecule has 2 amide bonds. The molecule has 8 heteroatoms. The Bertz CT molecular complexity index is 1020. The standard InChI is InChI=1S/C20H23N5O2S/c1-12-3-8-18-22-9-16(25(18)11-12)19(26)23-14-4-6-15(7-5-14)24-20(27)17-10-21-13(2)28-17/h3,8-11,14-15H,4-7H2,1-2H3,(H,23,26)(H,24,27). The number of aryl methyl sites for hydroxylation is 2. The van der Waals surface area contributed by atoms with Crippen molar-refractivity contribution < 1.29 is 9.59 Å². The first-order chi connectivity index (χ1) is 13.5. The average Bonchev–Trinajstić information content (AvgIpc) is 3.29. The lowest BCUT2D eigenvalue weighted by Gasteiger charge is -2.29. The first kappa shape index (κ1) is 18.6. The fraction of sp³-hybridized carbons (Fsp3) is 0.400. The minimum atomic E-state index is -0.106. The third-order valence-corrected chi connectivity index (χ3v) is 6.04. The van der Waals surface area contributed by atoms with E-state index in [-0.39, 0.29) is 23.9 Å². The Morgan fingerprint density at radius 2 is 1.68 bits per heavy atom. The number of carbonyl (C=O) groups excluding carboxylic acids is 2. The van der Waals surface area contributed by atoms with Crippen molar-refractivity contribution in [1.29, 1.82) is 0 Å². The van der Waals surface area contributed by atoms with Crippen LogP contribution in [0, 0.1) is 13.8 Å². The molecule has 3 heterocycles. The van der Waals surface area contributed by atoms with Gasteiger partial charge in [-0.25, -0.2) is 9.97 Å². The van der Waals surface area contributed by atoms with Crippen molar-refractivity contribution in [3.05, 3.63) is 51.9 Å². The molecule has 0 unspecified atom stereocenters. The minimum absolute atomic E-state index is 0.0563. The number of carbonyl (C=O) groups is 2. The van der Waals surface area contributed by atoms with Crippen LogP contribution >= 0.6 is 11.3 Å². The predicted molar refractivity (Wildman–Crippen MR) is 108 cm³/mol. The van der Waals surface area contributed by atoms with Gasteiger partial charge in [0.25, 0.3) is 11.8 Å². The second-order valence-electron chi connectivity index (χ2n) is 7.32. The number of hydrogen-bond acceptors (Lipinski definition) is 5. The van der Waals surface area contributed by atoms with E-state index in [1.165, 1.54) is 11.3 Å². The Balaban J connectivity index is 1.32. The van der Waals surface area contributed by atoms with Gasteiger partial charge in [0.1, 0.15) is 16.2 Å². The number of fused-ring (bicyclic) bond motifs is 1. The molecule has 1 aliphatic carbocycles. The highest BCUT2D eigenvalue weighted by Crippen LogP contribution is 2.21. The number of thiazole rings is 1. The van der Waals surface area contributed by atoms with Gasteiger partial charge in [-0.3, -0.25) is 14.0 Å². The number of nitrogens with zero attached hydrogens (tertiary/aromatic N) is 3. The van der Waals surface area contributed by atoms with E-state index < -0.39 is 0 Å². The Kier molecular flexibility index (Phi) is 5.13. The van der Waals surface area contributed by atoms with Crippen molar-refractivity contribution in [3.8, 4) is 0 Å². The molecule has 1 saturated carbocycles. The second kappa shape index (κ2) is 7.71. The number of amides is 2. The summed E-state index contributed by atoms with van der Waals surface area (Å²) in [4.78, 5) is 34.0. The highest BCUT2D eigenvalue weighted by Gasteiger charge is 2.25. The maximum atomic E-state index is 12.7. The van der Waals surface area contributed by atoms with Crippen LogP contribution in [-0.4, -0.2) is 38.3 Å². The lowest BCUT2D eigenvalue weighted by molar-refractivity contribution is 0.0890. The van der Waals surface area contributed by atoms with E-state index in [1.54, 1.807) is 12.4 Å². The zero-order chi connectivity index (χ0) is 19.7. The smallest absolute Gasteiger partial charge is 0.270 e. The third kappa shape index (κ3) is 3.91. The molecule has 7 nitrogen and oxygen atoms in total. The van der Waals surface area contributed by atoms with Crippen LogP contribution in [0.25, 0.3) is 5.65 Å². The SMILES string of the molecule is Cc1ccc2ncc(C(=O)NC3CCC(NC(=O)c4cnc(C)s4)CC3)n2c1. The molecule has 0 spiro atoms. The van der Waals surface area contributed by atoms with Crippen molar-refractivity contribution in [3.63, 3.8) is 0 Å². The summed E-state index contributed by atoms with van der Waals surface area (Å²) < 4.78 is 1.83.